The van der Waals surface area contributed by atoms with Crippen LogP contribution < -0.4 is 0 Å². The van der Waals surface area contributed by atoms with E-state index in [1.807, 2.05) is 43.3 Å². The second-order valence-corrected chi connectivity index (χ2v) is 6.08. The van der Waals surface area contributed by atoms with Crippen molar-refractivity contribution in [2.75, 3.05) is 0 Å². The SMILES string of the molecule is CC1=NC(c2ccc3ccc(-c4cccc(C)n4)nc3n2)=CCC1. The Bertz CT molecular complexity index is 986. The number of aryl methyl sites for hydroxylation is 1. The average molecular weight is 314 g/mol. The highest BCUT2D eigenvalue weighted by atomic mass is 14.9. The maximum Gasteiger partial charge on any atom is 0.160 e. The molecule has 0 unspecified atom stereocenters. The molecule has 1 aliphatic heterocycles. The summed E-state index contributed by atoms with van der Waals surface area (Å²) in [5.41, 5.74) is 6.40. The predicted octanol–water partition coefficient (Wildman–Crippen LogP) is 4.60. The fraction of sp³-hybridized carbons (Fsp3) is 0.200. The largest absolute Gasteiger partial charge is 0.256 e. The summed E-state index contributed by atoms with van der Waals surface area (Å²) in [7, 11) is 0. The zero-order valence-corrected chi connectivity index (χ0v) is 13.8. The molecule has 0 atom stereocenters. The highest BCUT2D eigenvalue weighted by Crippen LogP contribution is 2.24. The second-order valence-electron chi connectivity index (χ2n) is 6.08. The molecule has 0 aliphatic carbocycles. The van der Waals surface area contributed by atoms with Crippen LogP contribution >= 0.6 is 0 Å². The molecule has 4 heteroatoms. The zero-order valence-electron chi connectivity index (χ0n) is 13.8. The first-order chi connectivity index (χ1) is 11.7. The molecule has 24 heavy (non-hydrogen) atoms. The number of allylic oxidation sites excluding steroid dienone is 1. The Morgan fingerprint density at radius 1 is 0.792 bits per heavy atom. The molecule has 0 spiro atoms. The number of pyridine rings is 3. The lowest BCUT2D eigenvalue weighted by Crippen LogP contribution is -2.00. The van der Waals surface area contributed by atoms with Gasteiger partial charge in [0.15, 0.2) is 5.65 Å². The van der Waals surface area contributed by atoms with E-state index in [4.69, 9.17) is 9.97 Å². The van der Waals surface area contributed by atoms with Crippen LogP contribution in [0.3, 0.4) is 0 Å². The summed E-state index contributed by atoms with van der Waals surface area (Å²) < 4.78 is 0. The topological polar surface area (TPSA) is 51.0 Å². The molecular weight excluding hydrogens is 296 g/mol. The predicted molar refractivity (Wildman–Crippen MR) is 97.8 cm³/mol. The van der Waals surface area contributed by atoms with Gasteiger partial charge in [0.05, 0.1) is 22.8 Å². The van der Waals surface area contributed by atoms with Crippen LogP contribution in [0.2, 0.25) is 0 Å². The maximum atomic E-state index is 4.73. The molecular formula is C20H18N4. The first-order valence-corrected chi connectivity index (χ1v) is 8.15. The number of aromatic nitrogens is 3. The third-order valence-corrected chi connectivity index (χ3v) is 4.12. The van der Waals surface area contributed by atoms with E-state index >= 15 is 0 Å². The van der Waals surface area contributed by atoms with Crippen molar-refractivity contribution < 1.29 is 0 Å². The summed E-state index contributed by atoms with van der Waals surface area (Å²) in [6.07, 6.45) is 4.19. The Balaban J connectivity index is 1.80. The van der Waals surface area contributed by atoms with E-state index in [0.29, 0.717) is 0 Å². The molecule has 0 saturated carbocycles. The van der Waals surface area contributed by atoms with E-state index in [0.717, 1.165) is 58.1 Å². The third kappa shape index (κ3) is 2.83. The molecule has 1 aliphatic rings. The molecule has 0 N–H and O–H groups in total. The smallest absolute Gasteiger partial charge is 0.160 e. The normalized spacial score (nSPS) is 14.4. The van der Waals surface area contributed by atoms with Gasteiger partial charge in [0.25, 0.3) is 0 Å². The molecule has 3 aromatic rings. The summed E-state index contributed by atoms with van der Waals surface area (Å²) in [5, 5.41) is 1.02. The summed E-state index contributed by atoms with van der Waals surface area (Å²) in [6.45, 7) is 4.05. The Kier molecular flexibility index (Phi) is 3.65. The number of rotatable bonds is 2. The minimum atomic E-state index is 0.729. The molecule has 0 fully saturated rings. The first kappa shape index (κ1) is 14.7. The number of hydrogen-bond acceptors (Lipinski definition) is 4. The summed E-state index contributed by atoms with van der Waals surface area (Å²) in [6, 6.07) is 14.1. The van der Waals surface area contributed by atoms with Gasteiger partial charge in [0.1, 0.15) is 0 Å². The van der Waals surface area contributed by atoms with Crippen molar-refractivity contribution in [1.82, 2.24) is 15.0 Å². The van der Waals surface area contributed by atoms with Crippen LogP contribution in [0.15, 0.2) is 53.5 Å². The van der Waals surface area contributed by atoms with E-state index < -0.39 is 0 Å². The second kappa shape index (κ2) is 5.96. The Morgan fingerprint density at radius 2 is 1.54 bits per heavy atom. The van der Waals surface area contributed by atoms with E-state index in [1.165, 1.54) is 0 Å². The van der Waals surface area contributed by atoms with Crippen LogP contribution in [0.5, 0.6) is 0 Å². The number of nitrogens with zero attached hydrogens (tertiary/aromatic N) is 4. The fourth-order valence-electron chi connectivity index (χ4n) is 2.86. The maximum absolute atomic E-state index is 4.73. The molecule has 0 bridgehead atoms. The highest BCUT2D eigenvalue weighted by molar-refractivity contribution is 5.90. The van der Waals surface area contributed by atoms with Gasteiger partial charge >= 0.3 is 0 Å². The molecule has 4 heterocycles. The lowest BCUT2D eigenvalue weighted by atomic mass is 10.1. The van der Waals surface area contributed by atoms with Crippen LogP contribution in [0.4, 0.5) is 0 Å². The minimum absolute atomic E-state index is 0.729. The standard InChI is InChI=1S/C20H18N4/c1-13-5-3-7-16(21-13)18-11-9-15-10-12-19(24-20(15)23-18)17-8-4-6-14(2)22-17/h3,5,7-12H,4,6H2,1-2H3. The van der Waals surface area contributed by atoms with E-state index in [-0.39, 0.29) is 0 Å². The van der Waals surface area contributed by atoms with E-state index in [1.54, 1.807) is 0 Å². The molecule has 4 rings (SSSR count). The van der Waals surface area contributed by atoms with Crippen LogP contribution in [0.1, 0.15) is 31.2 Å². The Labute approximate surface area is 141 Å². The number of fused-ring (bicyclic) bond motifs is 1. The van der Waals surface area contributed by atoms with Gasteiger partial charge in [-0.05, 0) is 63.1 Å². The van der Waals surface area contributed by atoms with Crippen molar-refractivity contribution in [3.05, 3.63) is 59.9 Å². The summed E-state index contributed by atoms with van der Waals surface area (Å²) in [4.78, 5) is 18.6. The molecule has 0 saturated heterocycles. The van der Waals surface area contributed by atoms with Gasteiger partial charge in [-0.2, -0.15) is 0 Å². The Morgan fingerprint density at radius 3 is 2.33 bits per heavy atom. The van der Waals surface area contributed by atoms with Crippen molar-refractivity contribution in [1.29, 1.82) is 0 Å². The summed E-state index contributed by atoms with van der Waals surface area (Å²) >= 11 is 0. The quantitative estimate of drug-likeness (QED) is 0.695. The highest BCUT2D eigenvalue weighted by Gasteiger charge is 2.10. The first-order valence-electron chi connectivity index (χ1n) is 8.15. The van der Waals surface area contributed by atoms with Gasteiger partial charge in [-0.3, -0.25) is 9.98 Å². The molecule has 3 aromatic heterocycles. The van der Waals surface area contributed by atoms with Crippen LogP contribution in [0, 0.1) is 6.92 Å². The van der Waals surface area contributed by atoms with Crippen molar-refractivity contribution in [2.24, 2.45) is 4.99 Å². The van der Waals surface area contributed by atoms with Crippen LogP contribution in [0.25, 0.3) is 28.1 Å². The van der Waals surface area contributed by atoms with E-state index in [2.05, 4.69) is 29.0 Å². The van der Waals surface area contributed by atoms with Gasteiger partial charge in [0.2, 0.25) is 0 Å². The van der Waals surface area contributed by atoms with Crippen molar-refractivity contribution >= 4 is 22.4 Å². The van der Waals surface area contributed by atoms with Gasteiger partial charge in [-0.15, -0.1) is 0 Å². The minimum Gasteiger partial charge on any atom is -0.256 e. The molecule has 118 valence electrons. The zero-order chi connectivity index (χ0) is 16.5. The lowest BCUT2D eigenvalue weighted by molar-refractivity contribution is 1.05. The average Bonchev–Trinajstić information content (AvgIpc) is 2.61. The van der Waals surface area contributed by atoms with Crippen molar-refractivity contribution in [3.8, 4) is 11.4 Å². The molecule has 0 radical (unpaired) electrons. The van der Waals surface area contributed by atoms with Crippen LogP contribution in [-0.2, 0) is 0 Å². The number of hydrogen-bond donors (Lipinski definition) is 0. The van der Waals surface area contributed by atoms with Crippen LogP contribution in [-0.4, -0.2) is 20.7 Å². The van der Waals surface area contributed by atoms with E-state index in [9.17, 15) is 0 Å². The molecule has 0 aromatic carbocycles. The van der Waals surface area contributed by atoms with Gasteiger partial charge in [-0.25, -0.2) is 9.97 Å². The lowest BCUT2D eigenvalue weighted by Gasteiger charge is -2.10. The molecule has 0 amide bonds. The fourth-order valence-corrected chi connectivity index (χ4v) is 2.86. The monoisotopic (exact) mass is 314 g/mol. The molecule has 4 nitrogen and oxygen atoms in total. The van der Waals surface area contributed by atoms with Crippen molar-refractivity contribution in [3.63, 3.8) is 0 Å². The number of aliphatic imine (C=N–C) groups is 1. The van der Waals surface area contributed by atoms with Gasteiger partial charge in [-0.1, -0.05) is 12.1 Å². The van der Waals surface area contributed by atoms with Gasteiger partial charge < -0.3 is 0 Å². The third-order valence-electron chi connectivity index (χ3n) is 4.12. The van der Waals surface area contributed by atoms with Gasteiger partial charge in [0, 0.05) is 16.8 Å². The van der Waals surface area contributed by atoms with Crippen molar-refractivity contribution in [2.45, 2.75) is 26.7 Å². The summed E-state index contributed by atoms with van der Waals surface area (Å²) in [5.74, 6) is 0. The Hall–Kier alpha value is -2.88.